The van der Waals surface area contributed by atoms with Crippen LogP contribution in [-0.4, -0.2) is 29.2 Å². The van der Waals surface area contributed by atoms with Gasteiger partial charge >= 0.3 is 5.97 Å². The summed E-state index contributed by atoms with van der Waals surface area (Å²) < 4.78 is 4.95. The lowest BCUT2D eigenvalue weighted by atomic mass is 9.70. The van der Waals surface area contributed by atoms with E-state index in [9.17, 15) is 10.0 Å². The second-order valence-electron chi connectivity index (χ2n) is 7.97. The molecule has 111 valence electrons. The Morgan fingerprint density at radius 3 is 2.00 bits per heavy atom. The fourth-order valence-corrected chi connectivity index (χ4v) is 3.53. The Kier molecular flexibility index (Phi) is 4.10. The highest BCUT2D eigenvalue weighted by Gasteiger charge is 2.62. The van der Waals surface area contributed by atoms with Crippen molar-refractivity contribution in [2.75, 3.05) is 7.11 Å². The van der Waals surface area contributed by atoms with Crippen molar-refractivity contribution < 1.29 is 14.7 Å². The van der Waals surface area contributed by atoms with Crippen molar-refractivity contribution in [1.82, 2.24) is 5.06 Å². The zero-order chi connectivity index (χ0) is 15.2. The van der Waals surface area contributed by atoms with Crippen LogP contribution in [0, 0.1) is 17.3 Å². The zero-order valence-corrected chi connectivity index (χ0v) is 13.5. The molecule has 19 heavy (non-hydrogen) atoms. The molecule has 0 aromatic rings. The molecule has 0 aromatic heterocycles. The molecular weight excluding hydrogens is 242 g/mol. The van der Waals surface area contributed by atoms with Gasteiger partial charge in [-0.3, -0.25) is 4.79 Å². The number of hydroxylamine groups is 2. The van der Waals surface area contributed by atoms with Crippen molar-refractivity contribution in [1.29, 1.82) is 0 Å². The van der Waals surface area contributed by atoms with E-state index in [0.29, 0.717) is 0 Å². The number of ether oxygens (including phenoxy) is 1. The molecule has 1 radical (unpaired) electrons. The Labute approximate surface area is 117 Å². The summed E-state index contributed by atoms with van der Waals surface area (Å²) >= 11 is 0. The summed E-state index contributed by atoms with van der Waals surface area (Å²) in [6, 6.07) is 0. The summed E-state index contributed by atoms with van der Waals surface area (Å²) in [7, 11) is 1.40. The maximum Gasteiger partial charge on any atom is 0.310 e. The maximum absolute atomic E-state index is 12.6. The van der Waals surface area contributed by atoms with E-state index in [4.69, 9.17) is 4.74 Å². The summed E-state index contributed by atoms with van der Waals surface area (Å²) in [5.74, 6) is -0.664. The second kappa shape index (κ2) is 4.74. The molecular formula is C15H28NO3. The van der Waals surface area contributed by atoms with E-state index in [1.54, 1.807) is 0 Å². The smallest absolute Gasteiger partial charge is 0.310 e. The van der Waals surface area contributed by atoms with Gasteiger partial charge in [0.25, 0.3) is 0 Å². The minimum Gasteiger partial charge on any atom is -0.469 e. The molecule has 1 aliphatic rings. The SMILES string of the molecule is COC(=O)C1C(CC(C)(C)C)C(C)(C)N([O])C1(C)C. The highest BCUT2D eigenvalue weighted by molar-refractivity contribution is 5.75. The molecule has 0 aliphatic carbocycles. The van der Waals surface area contributed by atoms with Gasteiger partial charge in [0.15, 0.2) is 0 Å². The third-order valence-corrected chi connectivity index (χ3v) is 4.41. The molecule has 0 saturated carbocycles. The molecule has 0 N–H and O–H groups in total. The molecule has 0 aromatic carbocycles. The maximum atomic E-state index is 12.6. The van der Waals surface area contributed by atoms with Crippen molar-refractivity contribution in [2.45, 2.75) is 66.0 Å². The molecule has 0 bridgehead atoms. The van der Waals surface area contributed by atoms with E-state index in [-0.39, 0.29) is 23.2 Å². The van der Waals surface area contributed by atoms with Crippen molar-refractivity contribution in [3.63, 3.8) is 0 Å². The van der Waals surface area contributed by atoms with Gasteiger partial charge in [-0.15, -0.1) is 10.3 Å². The topological polar surface area (TPSA) is 49.4 Å². The van der Waals surface area contributed by atoms with Gasteiger partial charge in [0.1, 0.15) is 0 Å². The quantitative estimate of drug-likeness (QED) is 0.725. The molecule has 1 heterocycles. The molecule has 0 spiro atoms. The highest BCUT2D eigenvalue weighted by Crippen LogP contribution is 2.52. The van der Waals surface area contributed by atoms with Gasteiger partial charge in [0, 0.05) is 5.54 Å². The van der Waals surface area contributed by atoms with Crippen LogP contribution >= 0.6 is 0 Å². The van der Waals surface area contributed by atoms with E-state index in [1.165, 1.54) is 7.11 Å². The lowest BCUT2D eigenvalue weighted by Crippen LogP contribution is -2.47. The summed E-state index contributed by atoms with van der Waals surface area (Å²) in [4.78, 5) is 12.2. The number of esters is 1. The first-order valence-corrected chi connectivity index (χ1v) is 6.91. The van der Waals surface area contributed by atoms with Crippen LogP contribution in [0.4, 0.5) is 0 Å². The average molecular weight is 270 g/mol. The molecule has 1 saturated heterocycles. The fourth-order valence-electron chi connectivity index (χ4n) is 3.53. The van der Waals surface area contributed by atoms with Crippen LogP contribution in [-0.2, 0) is 14.7 Å². The van der Waals surface area contributed by atoms with Crippen molar-refractivity contribution in [2.24, 2.45) is 17.3 Å². The Hall–Kier alpha value is -0.610. The van der Waals surface area contributed by atoms with E-state index >= 15 is 0 Å². The zero-order valence-electron chi connectivity index (χ0n) is 13.5. The summed E-state index contributed by atoms with van der Waals surface area (Å²) in [5.41, 5.74) is -1.22. The molecule has 1 aliphatic heterocycles. The molecule has 1 rings (SSSR count). The molecule has 0 amide bonds. The Morgan fingerprint density at radius 2 is 1.63 bits per heavy atom. The predicted molar refractivity (Wildman–Crippen MR) is 73.8 cm³/mol. The van der Waals surface area contributed by atoms with E-state index in [2.05, 4.69) is 20.8 Å². The molecule has 4 heteroatoms. The minimum absolute atomic E-state index is 0.00699. The van der Waals surface area contributed by atoms with Crippen LogP contribution in [0.1, 0.15) is 54.9 Å². The molecule has 1 fully saturated rings. The number of methoxy groups -OCH3 is 1. The van der Waals surface area contributed by atoms with Crippen molar-refractivity contribution >= 4 is 5.97 Å². The molecule has 2 atom stereocenters. The van der Waals surface area contributed by atoms with Crippen LogP contribution in [0.25, 0.3) is 0 Å². The van der Waals surface area contributed by atoms with Gasteiger partial charge in [-0.25, -0.2) is 0 Å². The summed E-state index contributed by atoms with van der Waals surface area (Å²) in [6.07, 6.45) is 0.821. The standard InChI is InChI=1S/C15H28NO3/c1-13(2,3)9-10-11(12(17)19-8)15(6,7)16(18)14(10,4)5/h10-11H,9H2,1-8H3. The van der Waals surface area contributed by atoms with Crippen LogP contribution in [0.2, 0.25) is 0 Å². The van der Waals surface area contributed by atoms with E-state index < -0.39 is 11.1 Å². The normalized spacial score (nSPS) is 30.4. The third-order valence-electron chi connectivity index (χ3n) is 4.41. The number of carbonyl (C=O) groups excluding carboxylic acids is 1. The van der Waals surface area contributed by atoms with Crippen LogP contribution in [0.3, 0.4) is 0 Å². The first-order valence-electron chi connectivity index (χ1n) is 6.91. The number of hydrogen-bond acceptors (Lipinski definition) is 3. The van der Waals surface area contributed by atoms with Crippen LogP contribution in [0.5, 0.6) is 0 Å². The van der Waals surface area contributed by atoms with Crippen molar-refractivity contribution in [3.8, 4) is 0 Å². The van der Waals surface area contributed by atoms with Crippen molar-refractivity contribution in [3.05, 3.63) is 0 Å². The lowest BCUT2D eigenvalue weighted by molar-refractivity contribution is -0.252. The van der Waals surface area contributed by atoms with Gasteiger partial charge in [-0.1, -0.05) is 20.8 Å². The Balaban J connectivity index is 3.24. The van der Waals surface area contributed by atoms with Crippen LogP contribution in [0.15, 0.2) is 0 Å². The Bertz CT molecular complexity index is 355. The monoisotopic (exact) mass is 270 g/mol. The van der Waals surface area contributed by atoms with Gasteiger partial charge < -0.3 is 4.74 Å². The first-order chi connectivity index (χ1) is 8.35. The minimum atomic E-state index is -0.730. The number of nitrogens with zero attached hydrogens (tertiary/aromatic N) is 1. The van der Waals surface area contributed by atoms with E-state index in [0.717, 1.165) is 11.5 Å². The fraction of sp³-hybridized carbons (Fsp3) is 0.933. The first kappa shape index (κ1) is 16.4. The molecule has 2 unspecified atom stereocenters. The highest BCUT2D eigenvalue weighted by atomic mass is 16.5. The summed E-state index contributed by atoms with van der Waals surface area (Å²) in [5, 5.41) is 13.7. The predicted octanol–water partition coefficient (Wildman–Crippen LogP) is 3.05. The van der Waals surface area contributed by atoms with Crippen LogP contribution < -0.4 is 0 Å². The second-order valence-corrected chi connectivity index (χ2v) is 7.97. The van der Waals surface area contributed by atoms with Gasteiger partial charge in [0.2, 0.25) is 0 Å². The Morgan fingerprint density at radius 1 is 1.16 bits per heavy atom. The van der Waals surface area contributed by atoms with Gasteiger partial charge in [-0.05, 0) is 45.4 Å². The van der Waals surface area contributed by atoms with Gasteiger partial charge in [0.05, 0.1) is 18.6 Å². The largest absolute Gasteiger partial charge is 0.469 e. The number of hydrogen-bond donors (Lipinski definition) is 0. The number of carbonyl (C=O) groups is 1. The van der Waals surface area contributed by atoms with E-state index in [1.807, 2.05) is 27.7 Å². The summed E-state index contributed by atoms with van der Waals surface area (Å²) in [6.45, 7) is 14.0. The number of rotatable bonds is 2. The third kappa shape index (κ3) is 2.79. The molecule has 4 nitrogen and oxygen atoms in total. The average Bonchev–Trinajstić information content (AvgIpc) is 2.35. The lowest BCUT2D eigenvalue weighted by Gasteiger charge is -2.35. The van der Waals surface area contributed by atoms with Gasteiger partial charge in [-0.2, -0.15) is 0 Å².